The minimum atomic E-state index is 0.0316. The summed E-state index contributed by atoms with van der Waals surface area (Å²) in [7, 11) is 1.61. The van der Waals surface area contributed by atoms with Crippen molar-refractivity contribution in [3.05, 3.63) is 56.5 Å². The lowest BCUT2D eigenvalue weighted by Gasteiger charge is -2.13. The fraction of sp³-hybridized carbons (Fsp3) is 0.133. The van der Waals surface area contributed by atoms with Gasteiger partial charge in [-0.05, 0) is 44.0 Å². The molecule has 4 nitrogen and oxygen atoms in total. The first-order chi connectivity index (χ1) is 10.0. The molecule has 0 atom stereocenters. The molecule has 0 spiro atoms. The van der Waals surface area contributed by atoms with Crippen LogP contribution in [0.2, 0.25) is 0 Å². The maximum Gasteiger partial charge on any atom is 0.135 e. The van der Waals surface area contributed by atoms with Gasteiger partial charge in [0.15, 0.2) is 0 Å². The van der Waals surface area contributed by atoms with Crippen LogP contribution in [0.4, 0.5) is 0 Å². The molecule has 3 N–H and O–H groups in total. The van der Waals surface area contributed by atoms with E-state index in [1.165, 1.54) is 0 Å². The second-order valence-corrected chi connectivity index (χ2v) is 5.99. The molecule has 0 aliphatic carbocycles. The van der Waals surface area contributed by atoms with Crippen molar-refractivity contribution in [3.63, 3.8) is 0 Å². The number of nitrogen functional groups attached to an aromatic ring is 1. The largest absolute Gasteiger partial charge is 0.496 e. The normalized spacial score (nSPS) is 10.2. The van der Waals surface area contributed by atoms with Crippen LogP contribution >= 0.6 is 31.9 Å². The van der Waals surface area contributed by atoms with Crippen LogP contribution in [0, 0.1) is 5.41 Å². The average molecular weight is 414 g/mol. The number of rotatable bonds is 5. The van der Waals surface area contributed by atoms with Gasteiger partial charge >= 0.3 is 0 Å². The number of ether oxygens (including phenoxy) is 2. The summed E-state index contributed by atoms with van der Waals surface area (Å²) in [6, 6.07) is 11.1. The lowest BCUT2D eigenvalue weighted by molar-refractivity contribution is 0.303. The Labute approximate surface area is 140 Å². The van der Waals surface area contributed by atoms with Gasteiger partial charge in [-0.1, -0.05) is 24.3 Å². The van der Waals surface area contributed by atoms with E-state index in [9.17, 15) is 0 Å². The highest BCUT2D eigenvalue weighted by Gasteiger charge is 2.10. The van der Waals surface area contributed by atoms with Crippen molar-refractivity contribution >= 4 is 37.7 Å². The molecule has 2 rings (SSSR count). The summed E-state index contributed by atoms with van der Waals surface area (Å²) in [5.74, 6) is 1.43. The van der Waals surface area contributed by atoms with E-state index in [1.54, 1.807) is 13.2 Å². The summed E-state index contributed by atoms with van der Waals surface area (Å²) >= 11 is 6.88. The maximum atomic E-state index is 7.58. The lowest BCUT2D eigenvalue weighted by Crippen LogP contribution is -2.14. The zero-order valence-corrected chi connectivity index (χ0v) is 14.5. The van der Waals surface area contributed by atoms with Crippen molar-refractivity contribution in [1.82, 2.24) is 0 Å². The first-order valence-electron chi connectivity index (χ1n) is 6.11. The Morgan fingerprint density at radius 3 is 2.43 bits per heavy atom. The number of benzene rings is 2. The highest BCUT2D eigenvalue weighted by molar-refractivity contribution is 9.11. The standard InChI is InChI=1S/C15H14Br2N2O2/c1-20-13-6-12(17)14(7-11(13)16)21-8-9-4-2-3-5-10(9)15(18)19/h2-7H,8H2,1H3,(H3,18,19). The van der Waals surface area contributed by atoms with Crippen LogP contribution in [0.15, 0.2) is 45.3 Å². The summed E-state index contributed by atoms with van der Waals surface area (Å²) in [6.45, 7) is 0.327. The Kier molecular flexibility index (Phi) is 5.25. The quantitative estimate of drug-likeness (QED) is 0.573. The van der Waals surface area contributed by atoms with E-state index in [4.69, 9.17) is 20.6 Å². The minimum Gasteiger partial charge on any atom is -0.496 e. The van der Waals surface area contributed by atoms with E-state index in [2.05, 4.69) is 31.9 Å². The van der Waals surface area contributed by atoms with Crippen LogP contribution in [0.1, 0.15) is 11.1 Å². The topological polar surface area (TPSA) is 68.3 Å². The molecule has 0 saturated heterocycles. The van der Waals surface area contributed by atoms with Gasteiger partial charge in [0.2, 0.25) is 0 Å². The number of hydrogen-bond donors (Lipinski definition) is 2. The second kappa shape index (κ2) is 6.95. The Balaban J connectivity index is 2.21. The molecule has 0 saturated carbocycles. The smallest absolute Gasteiger partial charge is 0.135 e. The molecule has 0 heterocycles. The van der Waals surface area contributed by atoms with Crippen LogP contribution in [-0.4, -0.2) is 12.9 Å². The molecule has 6 heteroatoms. The van der Waals surface area contributed by atoms with Crippen molar-refractivity contribution in [2.24, 2.45) is 5.73 Å². The monoisotopic (exact) mass is 412 g/mol. The molecule has 110 valence electrons. The third-order valence-corrected chi connectivity index (χ3v) is 4.14. The van der Waals surface area contributed by atoms with Crippen LogP contribution in [0.3, 0.4) is 0 Å². The molecule has 0 aliphatic heterocycles. The Morgan fingerprint density at radius 2 is 1.76 bits per heavy atom. The lowest BCUT2D eigenvalue weighted by atomic mass is 10.1. The first kappa shape index (κ1) is 15.9. The van der Waals surface area contributed by atoms with Crippen LogP contribution in [0.5, 0.6) is 11.5 Å². The van der Waals surface area contributed by atoms with Gasteiger partial charge in [-0.15, -0.1) is 0 Å². The molecule has 0 aromatic heterocycles. The summed E-state index contributed by atoms with van der Waals surface area (Å²) in [4.78, 5) is 0. The van der Waals surface area contributed by atoms with Crippen molar-refractivity contribution in [1.29, 1.82) is 5.41 Å². The van der Waals surface area contributed by atoms with Gasteiger partial charge in [-0.2, -0.15) is 0 Å². The van der Waals surface area contributed by atoms with Crippen molar-refractivity contribution in [2.75, 3.05) is 7.11 Å². The van der Waals surface area contributed by atoms with Crippen molar-refractivity contribution in [3.8, 4) is 11.5 Å². The Hall–Kier alpha value is -1.53. The van der Waals surface area contributed by atoms with E-state index in [0.29, 0.717) is 17.9 Å². The Morgan fingerprint density at radius 1 is 1.14 bits per heavy atom. The third kappa shape index (κ3) is 3.77. The zero-order valence-electron chi connectivity index (χ0n) is 11.3. The Bertz CT molecular complexity index is 675. The summed E-state index contributed by atoms with van der Waals surface area (Å²) in [5, 5.41) is 7.58. The highest BCUT2D eigenvalue weighted by atomic mass is 79.9. The molecule has 21 heavy (non-hydrogen) atoms. The van der Waals surface area contributed by atoms with Crippen molar-refractivity contribution < 1.29 is 9.47 Å². The van der Waals surface area contributed by atoms with E-state index in [1.807, 2.05) is 30.3 Å². The molecule has 0 radical (unpaired) electrons. The maximum absolute atomic E-state index is 7.58. The molecule has 0 amide bonds. The van der Waals surface area contributed by atoms with Gasteiger partial charge in [-0.25, -0.2) is 0 Å². The van der Waals surface area contributed by atoms with Gasteiger partial charge in [0.05, 0.1) is 16.1 Å². The number of amidine groups is 1. The molecule has 2 aromatic rings. The first-order valence-corrected chi connectivity index (χ1v) is 7.69. The number of nitrogens with one attached hydrogen (secondary N) is 1. The summed E-state index contributed by atoms with van der Waals surface area (Å²) in [6.07, 6.45) is 0. The predicted molar refractivity (Wildman–Crippen MR) is 90.2 cm³/mol. The second-order valence-electron chi connectivity index (χ2n) is 4.28. The minimum absolute atomic E-state index is 0.0316. The molecular weight excluding hydrogens is 400 g/mol. The molecule has 0 bridgehead atoms. The van der Waals surface area contributed by atoms with Gasteiger partial charge in [-0.3, -0.25) is 5.41 Å². The predicted octanol–water partition coefficient (Wildman–Crippen LogP) is 4.08. The molecule has 0 fully saturated rings. The summed E-state index contributed by atoms with van der Waals surface area (Å²) < 4.78 is 12.6. The van der Waals surface area contributed by atoms with Gasteiger partial charge in [0.25, 0.3) is 0 Å². The van der Waals surface area contributed by atoms with E-state index >= 15 is 0 Å². The number of hydrogen-bond acceptors (Lipinski definition) is 3. The molecule has 0 aliphatic rings. The van der Waals surface area contributed by atoms with Crippen LogP contribution in [-0.2, 0) is 6.61 Å². The molecule has 2 aromatic carbocycles. The zero-order chi connectivity index (χ0) is 15.4. The highest BCUT2D eigenvalue weighted by Crippen LogP contribution is 2.36. The van der Waals surface area contributed by atoms with Crippen molar-refractivity contribution in [2.45, 2.75) is 6.61 Å². The SMILES string of the molecule is COc1cc(Br)c(OCc2ccccc2C(=N)N)cc1Br. The van der Waals surface area contributed by atoms with E-state index in [-0.39, 0.29) is 5.84 Å². The van der Waals surface area contributed by atoms with E-state index in [0.717, 1.165) is 20.3 Å². The fourth-order valence-corrected chi connectivity index (χ4v) is 2.76. The fourth-order valence-electron chi connectivity index (χ4n) is 1.84. The number of halogens is 2. The van der Waals surface area contributed by atoms with Gasteiger partial charge in [0, 0.05) is 11.1 Å². The number of methoxy groups -OCH3 is 1. The van der Waals surface area contributed by atoms with E-state index < -0.39 is 0 Å². The van der Waals surface area contributed by atoms with Crippen LogP contribution < -0.4 is 15.2 Å². The third-order valence-electron chi connectivity index (χ3n) is 2.90. The van der Waals surface area contributed by atoms with Gasteiger partial charge < -0.3 is 15.2 Å². The number of nitrogens with two attached hydrogens (primary N) is 1. The summed E-state index contributed by atoms with van der Waals surface area (Å²) in [5.41, 5.74) is 7.12. The molecule has 0 unspecified atom stereocenters. The van der Waals surface area contributed by atoms with Crippen LogP contribution in [0.25, 0.3) is 0 Å². The van der Waals surface area contributed by atoms with Gasteiger partial charge in [0.1, 0.15) is 23.9 Å². The molecular formula is C15H14Br2N2O2. The average Bonchev–Trinajstić information content (AvgIpc) is 2.47.